The summed E-state index contributed by atoms with van der Waals surface area (Å²) in [6, 6.07) is 0. The SMILES string of the molecule is C=C(C)C(=O)OCC(CO)(CO)CO.C=C(C)C(=O)OCC(CO)(CO)CO.O=C(O)/C=C\C(=O)O.O=C(O)/C=C\C(=O)O.[H-].[H-].[Mg+2]. The van der Waals surface area contributed by atoms with Gasteiger partial charge < -0.3 is 63.4 Å². The van der Waals surface area contributed by atoms with Gasteiger partial charge in [0.1, 0.15) is 13.2 Å². The molecule has 0 aromatic rings. The van der Waals surface area contributed by atoms with Gasteiger partial charge in [0.2, 0.25) is 0 Å². The van der Waals surface area contributed by atoms with E-state index in [9.17, 15) is 28.8 Å². The first kappa shape index (κ1) is 50.9. The minimum Gasteiger partial charge on any atom is -1.00 e. The largest absolute Gasteiger partial charge is 2.00 e. The van der Waals surface area contributed by atoms with Crippen LogP contribution in [0.25, 0.3) is 0 Å². The molecule has 45 heavy (non-hydrogen) atoms. The van der Waals surface area contributed by atoms with Gasteiger partial charge in [0.25, 0.3) is 0 Å². The van der Waals surface area contributed by atoms with Crippen LogP contribution in [0.4, 0.5) is 0 Å². The first-order valence-corrected chi connectivity index (χ1v) is 11.9. The number of hydrogen-bond acceptors (Lipinski definition) is 14. The van der Waals surface area contributed by atoms with Crippen LogP contribution in [0.2, 0.25) is 0 Å². The van der Waals surface area contributed by atoms with Gasteiger partial charge in [-0.05, 0) is 13.8 Å². The molecular formula is C26H42MgO18. The summed E-state index contributed by atoms with van der Waals surface area (Å²) < 4.78 is 9.45. The summed E-state index contributed by atoms with van der Waals surface area (Å²) in [4.78, 5) is 60.2. The Bertz CT molecular complexity index is 893. The van der Waals surface area contributed by atoms with E-state index in [2.05, 4.69) is 13.2 Å². The molecular weight excluding hydrogens is 625 g/mol. The first-order valence-electron chi connectivity index (χ1n) is 11.9. The maximum absolute atomic E-state index is 11.0. The van der Waals surface area contributed by atoms with Gasteiger partial charge in [0.05, 0.1) is 50.5 Å². The smallest absolute Gasteiger partial charge is 1.00 e. The van der Waals surface area contributed by atoms with E-state index < -0.39 is 86.3 Å². The second-order valence-electron chi connectivity index (χ2n) is 8.68. The molecule has 0 fully saturated rings. The van der Waals surface area contributed by atoms with Crippen molar-refractivity contribution in [2.24, 2.45) is 10.8 Å². The Balaban J connectivity index is -0.0000000917. The summed E-state index contributed by atoms with van der Waals surface area (Å²) in [5.74, 6) is -6.24. The summed E-state index contributed by atoms with van der Waals surface area (Å²) in [7, 11) is 0. The van der Waals surface area contributed by atoms with Crippen LogP contribution in [-0.2, 0) is 38.2 Å². The van der Waals surface area contributed by atoms with E-state index in [1.165, 1.54) is 13.8 Å². The molecule has 0 aliphatic rings. The van der Waals surface area contributed by atoms with Crippen molar-refractivity contribution in [1.29, 1.82) is 0 Å². The second-order valence-corrected chi connectivity index (χ2v) is 8.68. The molecule has 0 bridgehead atoms. The molecule has 0 aromatic carbocycles. The summed E-state index contributed by atoms with van der Waals surface area (Å²) >= 11 is 0. The average molecular weight is 667 g/mol. The van der Waals surface area contributed by atoms with Crippen molar-refractivity contribution < 1.29 is 92.2 Å². The molecule has 0 heterocycles. The van der Waals surface area contributed by atoms with Crippen LogP contribution in [0.15, 0.2) is 48.6 Å². The number of aliphatic hydroxyl groups excluding tert-OH is 6. The number of rotatable bonds is 16. The van der Waals surface area contributed by atoms with Crippen LogP contribution >= 0.6 is 0 Å². The summed E-state index contributed by atoms with van der Waals surface area (Å²) in [5, 5.41) is 84.6. The number of carbonyl (C=O) groups is 6. The Morgan fingerprint density at radius 3 is 0.822 bits per heavy atom. The third kappa shape index (κ3) is 30.1. The number of carboxylic acid groups (broad SMARTS) is 4. The maximum Gasteiger partial charge on any atom is 2.00 e. The normalized spacial score (nSPS) is 10.3. The number of esters is 2. The molecule has 0 atom stereocenters. The molecule has 19 heteroatoms. The third-order valence-corrected chi connectivity index (χ3v) is 4.47. The van der Waals surface area contributed by atoms with E-state index in [0.29, 0.717) is 24.3 Å². The number of carboxylic acids is 4. The molecule has 0 saturated heterocycles. The Morgan fingerprint density at radius 2 is 0.711 bits per heavy atom. The molecule has 256 valence electrons. The van der Waals surface area contributed by atoms with E-state index in [4.69, 9.17) is 60.5 Å². The topological polar surface area (TPSA) is 323 Å². The van der Waals surface area contributed by atoms with Crippen molar-refractivity contribution >= 4 is 58.9 Å². The summed E-state index contributed by atoms with van der Waals surface area (Å²) in [6.07, 6.45) is 2.23. The number of aliphatic hydroxyl groups is 6. The van der Waals surface area contributed by atoms with E-state index in [1.54, 1.807) is 0 Å². The molecule has 0 aromatic heterocycles. The van der Waals surface area contributed by atoms with Gasteiger partial charge in [-0.15, -0.1) is 0 Å². The molecule has 0 radical (unpaired) electrons. The van der Waals surface area contributed by atoms with Gasteiger partial charge in [0.15, 0.2) is 0 Å². The zero-order valence-electron chi connectivity index (χ0n) is 26.8. The number of hydrogen-bond donors (Lipinski definition) is 10. The Hall–Kier alpha value is -3.69. The molecule has 0 unspecified atom stereocenters. The standard InChI is InChI=1S/2C9H16O5.2C4H4O4.Mg.2H/c2*1-7(2)8(13)14-6-9(3-10,4-11)5-12;2*5-3(6)1-2-4(7)8;;;/h2*10-12H,1,3-6H2,2H3;2*1-2H,(H,5,6)(H,7,8);;;/q;;;;+2;2*-1/b;;2*2-1-;;;. The monoisotopic (exact) mass is 666 g/mol. The second kappa shape index (κ2) is 29.0. The Labute approximate surface area is 276 Å². The predicted octanol–water partition coefficient (Wildman–Crippen LogP) is -2.59. The van der Waals surface area contributed by atoms with Gasteiger partial charge in [-0.25, -0.2) is 28.8 Å². The van der Waals surface area contributed by atoms with Gasteiger partial charge in [-0.3, -0.25) is 0 Å². The molecule has 0 amide bonds. The Kier molecular flexibility index (Phi) is 32.9. The zero-order valence-corrected chi connectivity index (χ0v) is 26.2. The van der Waals surface area contributed by atoms with Crippen molar-refractivity contribution in [2.45, 2.75) is 13.8 Å². The first-order chi connectivity index (χ1) is 20.3. The van der Waals surface area contributed by atoms with Crippen molar-refractivity contribution in [3.8, 4) is 0 Å². The molecule has 0 aliphatic heterocycles. The minimum atomic E-state index is -1.26. The van der Waals surface area contributed by atoms with Crippen molar-refractivity contribution in [2.75, 3.05) is 52.9 Å². The summed E-state index contributed by atoms with van der Waals surface area (Å²) in [6.45, 7) is 6.52. The van der Waals surface area contributed by atoms with Gasteiger partial charge in [-0.2, -0.15) is 0 Å². The van der Waals surface area contributed by atoms with Crippen LogP contribution in [0.3, 0.4) is 0 Å². The van der Waals surface area contributed by atoms with Gasteiger partial charge in [-0.1, -0.05) is 13.2 Å². The molecule has 18 nitrogen and oxygen atoms in total. The number of ether oxygens (including phenoxy) is 2. The fourth-order valence-corrected chi connectivity index (χ4v) is 1.54. The van der Waals surface area contributed by atoms with Gasteiger partial charge in [0, 0.05) is 35.5 Å². The molecule has 0 aliphatic carbocycles. The van der Waals surface area contributed by atoms with Crippen LogP contribution in [0.5, 0.6) is 0 Å². The fraction of sp³-hybridized carbons (Fsp3) is 0.462. The van der Waals surface area contributed by atoms with Crippen LogP contribution in [0, 0.1) is 10.8 Å². The molecule has 10 N–H and O–H groups in total. The van der Waals surface area contributed by atoms with Gasteiger partial charge >= 0.3 is 58.9 Å². The van der Waals surface area contributed by atoms with E-state index in [0.717, 1.165) is 0 Å². The number of carbonyl (C=O) groups excluding carboxylic acids is 2. The van der Waals surface area contributed by atoms with Crippen molar-refractivity contribution in [3.05, 3.63) is 48.6 Å². The van der Waals surface area contributed by atoms with E-state index >= 15 is 0 Å². The van der Waals surface area contributed by atoms with Crippen molar-refractivity contribution in [3.63, 3.8) is 0 Å². The zero-order chi connectivity index (χ0) is 35.5. The van der Waals surface area contributed by atoms with E-state index in [1.807, 2.05) is 0 Å². The molecule has 0 saturated carbocycles. The predicted molar refractivity (Wildman–Crippen MR) is 156 cm³/mol. The Morgan fingerprint density at radius 1 is 0.533 bits per heavy atom. The quantitative estimate of drug-likeness (QED) is 0.0458. The maximum atomic E-state index is 11.0. The fourth-order valence-electron chi connectivity index (χ4n) is 1.54. The van der Waals surface area contributed by atoms with E-state index in [-0.39, 0.29) is 50.3 Å². The molecule has 0 rings (SSSR count). The third-order valence-electron chi connectivity index (χ3n) is 4.47. The summed E-state index contributed by atoms with van der Waals surface area (Å²) in [5.41, 5.74) is -1.89. The number of aliphatic carboxylic acids is 4. The molecule has 0 spiro atoms. The average Bonchev–Trinajstić information content (AvgIpc) is 2.97. The minimum absolute atomic E-state index is 0. The van der Waals surface area contributed by atoms with Crippen molar-refractivity contribution in [1.82, 2.24) is 0 Å². The van der Waals surface area contributed by atoms with Crippen LogP contribution in [0.1, 0.15) is 16.7 Å². The van der Waals surface area contributed by atoms with Crippen LogP contribution in [-0.4, -0.2) is 163 Å². The van der Waals surface area contributed by atoms with Crippen LogP contribution < -0.4 is 0 Å².